The monoisotopic (exact) mass is 325 g/mol. The summed E-state index contributed by atoms with van der Waals surface area (Å²) in [5, 5.41) is 11.9. The minimum atomic E-state index is -0.752. The van der Waals surface area contributed by atoms with E-state index < -0.39 is 5.97 Å². The van der Waals surface area contributed by atoms with E-state index in [0.29, 0.717) is 18.5 Å². The van der Waals surface area contributed by atoms with Gasteiger partial charge in [-0.3, -0.25) is 9.59 Å². The van der Waals surface area contributed by atoms with Gasteiger partial charge in [-0.25, -0.2) is 0 Å². The molecule has 102 valence electrons. The summed E-state index contributed by atoms with van der Waals surface area (Å²) in [5.74, 6) is -1.19. The van der Waals surface area contributed by atoms with Crippen LogP contribution in [0.3, 0.4) is 0 Å². The Labute approximate surface area is 120 Å². The Hall–Kier alpha value is -1.36. The zero-order valence-corrected chi connectivity index (χ0v) is 12.0. The number of hydrogen-bond acceptors (Lipinski definition) is 2. The molecule has 1 amide bonds. The molecular formula is C14H16BrNO3. The van der Waals surface area contributed by atoms with Gasteiger partial charge in [-0.1, -0.05) is 18.6 Å². The molecule has 1 saturated carbocycles. The third kappa shape index (κ3) is 3.35. The van der Waals surface area contributed by atoms with Gasteiger partial charge in [0, 0.05) is 11.0 Å². The second-order valence-electron chi connectivity index (χ2n) is 4.83. The van der Waals surface area contributed by atoms with Crippen molar-refractivity contribution in [3.8, 4) is 0 Å². The maximum atomic E-state index is 12.0. The lowest BCUT2D eigenvalue weighted by molar-refractivity contribution is -0.142. The Kier molecular flexibility index (Phi) is 4.58. The molecule has 0 aliphatic heterocycles. The van der Waals surface area contributed by atoms with Crippen molar-refractivity contribution in [1.82, 2.24) is 5.32 Å². The number of carboxylic acids is 1. The molecule has 1 aromatic rings. The number of amides is 1. The number of aliphatic carboxylic acids is 1. The van der Waals surface area contributed by atoms with Crippen molar-refractivity contribution in [3.63, 3.8) is 0 Å². The van der Waals surface area contributed by atoms with Gasteiger partial charge in [-0.15, -0.1) is 0 Å². The molecule has 19 heavy (non-hydrogen) atoms. The highest BCUT2D eigenvalue weighted by molar-refractivity contribution is 9.10. The summed E-state index contributed by atoms with van der Waals surface area (Å²) >= 11 is 3.33. The normalized spacial score (nSPS) is 22.2. The molecule has 1 aliphatic carbocycles. The van der Waals surface area contributed by atoms with Gasteiger partial charge < -0.3 is 10.4 Å². The number of nitrogens with one attached hydrogen (secondary N) is 1. The summed E-state index contributed by atoms with van der Waals surface area (Å²) < 4.78 is 0.744. The predicted molar refractivity (Wildman–Crippen MR) is 74.9 cm³/mol. The first-order valence-corrected chi connectivity index (χ1v) is 7.14. The van der Waals surface area contributed by atoms with Crippen LogP contribution in [-0.4, -0.2) is 23.5 Å². The molecule has 5 heteroatoms. The van der Waals surface area contributed by atoms with Crippen LogP contribution in [0.4, 0.5) is 0 Å². The van der Waals surface area contributed by atoms with E-state index in [1.165, 1.54) is 0 Å². The third-order valence-corrected chi connectivity index (χ3v) is 4.31. The van der Waals surface area contributed by atoms with Gasteiger partial charge in [-0.05, 0) is 46.8 Å². The van der Waals surface area contributed by atoms with Gasteiger partial charge in [0.25, 0.3) is 5.91 Å². The second-order valence-corrected chi connectivity index (χ2v) is 5.68. The number of hydrogen-bond donors (Lipinski definition) is 2. The first kappa shape index (κ1) is 14.1. The average molecular weight is 326 g/mol. The summed E-state index contributed by atoms with van der Waals surface area (Å²) in [7, 11) is 0. The summed E-state index contributed by atoms with van der Waals surface area (Å²) in [4.78, 5) is 23.1. The number of rotatable bonds is 4. The highest BCUT2D eigenvalue weighted by Gasteiger charge is 2.32. The van der Waals surface area contributed by atoms with Crippen molar-refractivity contribution in [3.05, 3.63) is 34.3 Å². The van der Waals surface area contributed by atoms with Crippen LogP contribution in [0.1, 0.15) is 29.6 Å². The smallest absolute Gasteiger partial charge is 0.306 e. The zero-order valence-electron chi connectivity index (χ0n) is 10.4. The first-order chi connectivity index (χ1) is 9.09. The highest BCUT2D eigenvalue weighted by Crippen LogP contribution is 2.31. The lowest BCUT2D eigenvalue weighted by atomic mass is 9.96. The molecule has 2 N–H and O–H groups in total. The largest absolute Gasteiger partial charge is 0.481 e. The van der Waals surface area contributed by atoms with Gasteiger partial charge in [0.15, 0.2) is 0 Å². The Morgan fingerprint density at radius 2 is 2.05 bits per heavy atom. The van der Waals surface area contributed by atoms with Crippen molar-refractivity contribution in [2.75, 3.05) is 6.54 Å². The van der Waals surface area contributed by atoms with Crippen molar-refractivity contribution in [1.29, 1.82) is 0 Å². The molecule has 1 aliphatic rings. The van der Waals surface area contributed by atoms with Gasteiger partial charge in [0.05, 0.1) is 11.5 Å². The summed E-state index contributed by atoms with van der Waals surface area (Å²) in [6.45, 7) is 0.428. The molecule has 0 bridgehead atoms. The summed E-state index contributed by atoms with van der Waals surface area (Å²) in [6.07, 6.45) is 2.50. The Morgan fingerprint density at radius 3 is 2.74 bits per heavy atom. The molecule has 1 aromatic carbocycles. The molecule has 2 rings (SSSR count). The van der Waals surface area contributed by atoms with Crippen LogP contribution in [0.2, 0.25) is 0 Å². The van der Waals surface area contributed by atoms with E-state index >= 15 is 0 Å². The summed E-state index contributed by atoms with van der Waals surface area (Å²) in [6, 6.07) is 7.20. The van der Waals surface area contributed by atoms with E-state index in [2.05, 4.69) is 21.2 Å². The molecule has 1 fully saturated rings. The standard InChI is InChI=1S/C14H16BrNO3/c15-12-7-2-1-5-11(12)13(17)16-8-9-4-3-6-10(9)14(18)19/h1-2,5,7,9-10H,3-4,6,8H2,(H,16,17)(H,18,19). The van der Waals surface area contributed by atoms with Crippen LogP contribution in [-0.2, 0) is 4.79 Å². The minimum absolute atomic E-state index is 0.0453. The Morgan fingerprint density at radius 1 is 1.32 bits per heavy atom. The predicted octanol–water partition coefficient (Wildman–Crippen LogP) is 2.68. The number of benzene rings is 1. The molecule has 0 saturated heterocycles. The van der Waals surface area contributed by atoms with E-state index in [1.54, 1.807) is 12.1 Å². The van der Waals surface area contributed by atoms with Gasteiger partial charge in [0.1, 0.15) is 0 Å². The van der Waals surface area contributed by atoms with Crippen LogP contribution >= 0.6 is 15.9 Å². The SMILES string of the molecule is O=C(NCC1CCCC1C(=O)O)c1ccccc1Br. The number of carbonyl (C=O) groups is 2. The van der Waals surface area contributed by atoms with E-state index in [4.69, 9.17) is 5.11 Å². The quantitative estimate of drug-likeness (QED) is 0.894. The van der Waals surface area contributed by atoms with Crippen LogP contribution in [0, 0.1) is 11.8 Å². The van der Waals surface area contributed by atoms with E-state index in [-0.39, 0.29) is 17.7 Å². The van der Waals surface area contributed by atoms with Crippen molar-refractivity contribution in [2.45, 2.75) is 19.3 Å². The average Bonchev–Trinajstić information content (AvgIpc) is 2.85. The zero-order chi connectivity index (χ0) is 13.8. The minimum Gasteiger partial charge on any atom is -0.481 e. The fourth-order valence-electron chi connectivity index (χ4n) is 2.57. The van der Waals surface area contributed by atoms with Crippen molar-refractivity contribution in [2.24, 2.45) is 11.8 Å². The fraction of sp³-hybridized carbons (Fsp3) is 0.429. The summed E-state index contributed by atoms with van der Waals surface area (Å²) in [5.41, 5.74) is 0.576. The van der Waals surface area contributed by atoms with Gasteiger partial charge in [-0.2, -0.15) is 0 Å². The maximum Gasteiger partial charge on any atom is 0.306 e. The molecule has 2 atom stereocenters. The molecule has 0 spiro atoms. The molecule has 0 radical (unpaired) electrons. The van der Waals surface area contributed by atoms with Gasteiger partial charge >= 0.3 is 5.97 Å². The molecular weight excluding hydrogens is 310 g/mol. The lowest BCUT2D eigenvalue weighted by Crippen LogP contribution is -2.33. The van der Waals surface area contributed by atoms with Gasteiger partial charge in [0.2, 0.25) is 0 Å². The maximum absolute atomic E-state index is 12.0. The van der Waals surface area contributed by atoms with Crippen molar-refractivity contribution < 1.29 is 14.7 Å². The first-order valence-electron chi connectivity index (χ1n) is 6.35. The Bertz CT molecular complexity index is 489. The lowest BCUT2D eigenvalue weighted by Gasteiger charge is -2.16. The third-order valence-electron chi connectivity index (χ3n) is 3.62. The number of carboxylic acid groups (broad SMARTS) is 1. The van der Waals surface area contributed by atoms with Crippen LogP contribution < -0.4 is 5.32 Å². The topological polar surface area (TPSA) is 66.4 Å². The van der Waals surface area contributed by atoms with E-state index in [0.717, 1.165) is 17.3 Å². The highest BCUT2D eigenvalue weighted by atomic mass is 79.9. The number of carbonyl (C=O) groups excluding carboxylic acids is 1. The Balaban J connectivity index is 1.94. The van der Waals surface area contributed by atoms with E-state index in [9.17, 15) is 9.59 Å². The van der Waals surface area contributed by atoms with Crippen LogP contribution in [0.15, 0.2) is 28.7 Å². The molecule has 4 nitrogen and oxygen atoms in total. The second kappa shape index (κ2) is 6.19. The van der Waals surface area contributed by atoms with E-state index in [1.807, 2.05) is 12.1 Å². The molecule has 2 unspecified atom stereocenters. The number of halogens is 1. The van der Waals surface area contributed by atoms with Crippen molar-refractivity contribution >= 4 is 27.8 Å². The van der Waals surface area contributed by atoms with Crippen LogP contribution in [0.25, 0.3) is 0 Å². The van der Waals surface area contributed by atoms with Crippen LogP contribution in [0.5, 0.6) is 0 Å². The molecule has 0 aromatic heterocycles. The molecule has 0 heterocycles. The fourth-order valence-corrected chi connectivity index (χ4v) is 3.04.